The Balaban J connectivity index is 1.85. The monoisotopic (exact) mass is 297 g/mol. The highest BCUT2D eigenvalue weighted by molar-refractivity contribution is 7.16. The number of hydrogen-bond donors (Lipinski definition) is 1. The standard InChI is InChI=1S/C13H16ClN3OS/c1-8-2-4-17(10(8)7-18)6-11-15-12(14)9-3-5-19-13(9)16-11/h3,5,8,10,18H,2,4,6-7H2,1H3. The predicted molar refractivity (Wildman–Crippen MR) is 77.5 cm³/mol. The molecule has 4 nitrogen and oxygen atoms in total. The van der Waals surface area contributed by atoms with E-state index in [9.17, 15) is 5.11 Å². The molecule has 0 saturated carbocycles. The summed E-state index contributed by atoms with van der Waals surface area (Å²) in [6.07, 6.45) is 1.11. The van der Waals surface area contributed by atoms with Crippen molar-refractivity contribution in [1.29, 1.82) is 0 Å². The second-order valence-corrected chi connectivity index (χ2v) is 6.31. The minimum atomic E-state index is 0.191. The summed E-state index contributed by atoms with van der Waals surface area (Å²) in [6, 6.07) is 2.15. The third kappa shape index (κ3) is 2.48. The molecular formula is C13H16ClN3OS. The van der Waals surface area contributed by atoms with Gasteiger partial charge in [0.1, 0.15) is 15.8 Å². The molecular weight excluding hydrogens is 282 g/mol. The Bertz CT molecular complexity index is 588. The molecule has 0 bridgehead atoms. The molecule has 0 aliphatic carbocycles. The highest BCUT2D eigenvalue weighted by atomic mass is 35.5. The molecule has 1 aliphatic rings. The zero-order chi connectivity index (χ0) is 13.4. The molecule has 0 aromatic carbocycles. The van der Waals surface area contributed by atoms with Crippen LogP contribution in [0.15, 0.2) is 11.4 Å². The second-order valence-electron chi connectivity index (χ2n) is 5.06. The number of rotatable bonds is 3. The Hall–Kier alpha value is -0.750. The fraction of sp³-hybridized carbons (Fsp3) is 0.538. The van der Waals surface area contributed by atoms with E-state index in [1.165, 1.54) is 0 Å². The van der Waals surface area contributed by atoms with Crippen LogP contribution in [0.1, 0.15) is 19.2 Å². The van der Waals surface area contributed by atoms with E-state index in [2.05, 4.69) is 21.8 Å². The quantitative estimate of drug-likeness (QED) is 0.885. The van der Waals surface area contributed by atoms with Gasteiger partial charge in [0, 0.05) is 11.4 Å². The lowest BCUT2D eigenvalue weighted by molar-refractivity contribution is 0.132. The lowest BCUT2D eigenvalue weighted by Gasteiger charge is -2.24. The molecule has 3 heterocycles. The summed E-state index contributed by atoms with van der Waals surface area (Å²) in [5.74, 6) is 1.26. The van der Waals surface area contributed by atoms with Gasteiger partial charge in [-0.05, 0) is 30.3 Å². The Morgan fingerprint density at radius 2 is 2.37 bits per heavy atom. The maximum Gasteiger partial charge on any atom is 0.145 e. The third-order valence-corrected chi connectivity index (χ3v) is 4.95. The first-order valence-corrected chi connectivity index (χ1v) is 7.69. The van der Waals surface area contributed by atoms with Crippen molar-refractivity contribution >= 4 is 33.2 Å². The Labute approximate surface area is 121 Å². The van der Waals surface area contributed by atoms with E-state index in [1.807, 2.05) is 11.4 Å². The van der Waals surface area contributed by atoms with E-state index in [4.69, 9.17) is 11.6 Å². The molecule has 1 fully saturated rings. The average molecular weight is 298 g/mol. The molecule has 2 unspecified atom stereocenters. The van der Waals surface area contributed by atoms with E-state index in [0.29, 0.717) is 17.6 Å². The van der Waals surface area contributed by atoms with Gasteiger partial charge >= 0.3 is 0 Å². The average Bonchev–Trinajstić information content (AvgIpc) is 2.97. The maximum absolute atomic E-state index is 9.47. The number of halogens is 1. The molecule has 1 aliphatic heterocycles. The van der Waals surface area contributed by atoms with E-state index in [0.717, 1.165) is 29.0 Å². The summed E-state index contributed by atoms with van der Waals surface area (Å²) in [5.41, 5.74) is 0. The van der Waals surface area contributed by atoms with Gasteiger partial charge in [-0.15, -0.1) is 11.3 Å². The van der Waals surface area contributed by atoms with Gasteiger partial charge in [0.15, 0.2) is 0 Å². The minimum absolute atomic E-state index is 0.191. The molecule has 1 N–H and O–H groups in total. The van der Waals surface area contributed by atoms with E-state index >= 15 is 0 Å². The summed E-state index contributed by atoms with van der Waals surface area (Å²) in [4.78, 5) is 12.1. The van der Waals surface area contributed by atoms with Crippen molar-refractivity contribution in [1.82, 2.24) is 14.9 Å². The second kappa shape index (κ2) is 5.32. The Morgan fingerprint density at radius 3 is 3.16 bits per heavy atom. The zero-order valence-electron chi connectivity index (χ0n) is 10.7. The van der Waals surface area contributed by atoms with E-state index in [-0.39, 0.29) is 12.6 Å². The van der Waals surface area contributed by atoms with Crippen molar-refractivity contribution in [2.45, 2.75) is 25.9 Å². The lowest BCUT2D eigenvalue weighted by Crippen LogP contribution is -2.35. The van der Waals surface area contributed by atoms with Gasteiger partial charge in [-0.1, -0.05) is 18.5 Å². The molecule has 2 atom stereocenters. The van der Waals surface area contributed by atoms with E-state index < -0.39 is 0 Å². The van der Waals surface area contributed by atoms with Gasteiger partial charge in [-0.25, -0.2) is 9.97 Å². The molecule has 102 valence electrons. The van der Waals surface area contributed by atoms with Gasteiger partial charge < -0.3 is 5.11 Å². The number of aliphatic hydroxyl groups is 1. The van der Waals surface area contributed by atoms with Crippen LogP contribution < -0.4 is 0 Å². The fourth-order valence-electron chi connectivity index (χ4n) is 2.69. The molecule has 1 saturated heterocycles. The van der Waals surface area contributed by atoms with Crippen LogP contribution in [0, 0.1) is 5.92 Å². The largest absolute Gasteiger partial charge is 0.395 e. The summed E-state index contributed by atoms with van der Waals surface area (Å²) in [5, 5.41) is 12.9. The van der Waals surface area contributed by atoms with Gasteiger partial charge in [0.25, 0.3) is 0 Å². The number of aromatic nitrogens is 2. The van der Waals surface area contributed by atoms with Crippen molar-refractivity contribution in [2.24, 2.45) is 5.92 Å². The van der Waals surface area contributed by atoms with Crippen molar-refractivity contribution in [3.8, 4) is 0 Å². The van der Waals surface area contributed by atoms with Crippen LogP contribution in [0.5, 0.6) is 0 Å². The number of aliphatic hydroxyl groups excluding tert-OH is 1. The first-order chi connectivity index (χ1) is 9.19. The number of likely N-dealkylation sites (tertiary alicyclic amines) is 1. The molecule has 2 aromatic heterocycles. The number of hydrogen-bond acceptors (Lipinski definition) is 5. The van der Waals surface area contributed by atoms with Gasteiger partial charge in [-0.3, -0.25) is 4.90 Å². The molecule has 19 heavy (non-hydrogen) atoms. The minimum Gasteiger partial charge on any atom is -0.395 e. The highest BCUT2D eigenvalue weighted by Crippen LogP contribution is 2.27. The van der Waals surface area contributed by atoms with Crippen LogP contribution in [0.25, 0.3) is 10.2 Å². The summed E-state index contributed by atoms with van der Waals surface area (Å²) >= 11 is 7.75. The smallest absolute Gasteiger partial charge is 0.145 e. The van der Waals surface area contributed by atoms with Crippen LogP contribution in [0.3, 0.4) is 0 Å². The molecule has 6 heteroatoms. The highest BCUT2D eigenvalue weighted by Gasteiger charge is 2.31. The number of thiophene rings is 1. The van der Waals surface area contributed by atoms with E-state index in [1.54, 1.807) is 11.3 Å². The SMILES string of the molecule is CC1CCN(Cc2nc(Cl)c3ccsc3n2)C1CO. The molecule has 0 amide bonds. The Morgan fingerprint density at radius 1 is 1.53 bits per heavy atom. The van der Waals surface area contributed by atoms with Crippen LogP contribution in [-0.4, -0.2) is 39.2 Å². The van der Waals surface area contributed by atoms with Crippen molar-refractivity contribution in [3.05, 3.63) is 22.4 Å². The first-order valence-electron chi connectivity index (χ1n) is 6.43. The van der Waals surface area contributed by atoms with Crippen molar-refractivity contribution in [2.75, 3.05) is 13.2 Å². The van der Waals surface area contributed by atoms with Crippen LogP contribution in [0.4, 0.5) is 0 Å². The summed E-state index contributed by atoms with van der Waals surface area (Å²) in [7, 11) is 0. The summed E-state index contributed by atoms with van der Waals surface area (Å²) < 4.78 is 0. The van der Waals surface area contributed by atoms with Crippen LogP contribution in [0.2, 0.25) is 5.15 Å². The van der Waals surface area contributed by atoms with Gasteiger partial charge in [-0.2, -0.15) is 0 Å². The van der Waals surface area contributed by atoms with Gasteiger partial charge in [0.2, 0.25) is 0 Å². The molecule has 2 aromatic rings. The maximum atomic E-state index is 9.47. The van der Waals surface area contributed by atoms with Crippen molar-refractivity contribution < 1.29 is 5.11 Å². The van der Waals surface area contributed by atoms with Crippen molar-refractivity contribution in [3.63, 3.8) is 0 Å². The zero-order valence-corrected chi connectivity index (χ0v) is 12.3. The predicted octanol–water partition coefficient (Wildman–Crippen LogP) is 2.55. The first kappa shape index (κ1) is 13.2. The van der Waals surface area contributed by atoms with Gasteiger partial charge in [0.05, 0.1) is 13.2 Å². The fourth-order valence-corrected chi connectivity index (χ4v) is 3.78. The topological polar surface area (TPSA) is 49.2 Å². The molecule has 0 spiro atoms. The third-order valence-electron chi connectivity index (χ3n) is 3.85. The molecule has 3 rings (SSSR count). The number of nitrogens with zero attached hydrogens (tertiary/aromatic N) is 3. The molecule has 0 radical (unpaired) electrons. The van der Waals surface area contributed by atoms with Crippen LogP contribution in [-0.2, 0) is 6.54 Å². The number of fused-ring (bicyclic) bond motifs is 1. The summed E-state index contributed by atoms with van der Waals surface area (Å²) in [6.45, 7) is 4.01. The Kier molecular flexibility index (Phi) is 3.71. The normalized spacial score (nSPS) is 24.4. The lowest BCUT2D eigenvalue weighted by atomic mass is 10.0. The van der Waals surface area contributed by atoms with Crippen LogP contribution >= 0.6 is 22.9 Å².